The highest BCUT2D eigenvalue weighted by Gasteiger charge is 2.17. The van der Waals surface area contributed by atoms with Crippen LogP contribution in [0.3, 0.4) is 0 Å². The van der Waals surface area contributed by atoms with Gasteiger partial charge in [-0.1, -0.05) is 23.7 Å². The molecule has 0 aliphatic rings. The van der Waals surface area contributed by atoms with Gasteiger partial charge in [-0.15, -0.1) is 0 Å². The fraction of sp³-hybridized carbons (Fsp3) is 0.158. The number of furan rings is 1. The topological polar surface area (TPSA) is 71.3 Å². The minimum Gasteiger partial charge on any atom is -0.451 e. The summed E-state index contributed by atoms with van der Waals surface area (Å²) in [5, 5.41) is 6.85. The summed E-state index contributed by atoms with van der Waals surface area (Å²) in [6, 6.07) is 13.6. The van der Waals surface area contributed by atoms with E-state index in [1.54, 1.807) is 48.5 Å². The molecule has 3 rings (SSSR count). The largest absolute Gasteiger partial charge is 0.451 e. The SMILES string of the molecule is CC(C)NC(=O)c1ccccc1NC(=O)c1cc2cc(Cl)ccc2o1. The van der Waals surface area contributed by atoms with Crippen molar-refractivity contribution >= 4 is 40.1 Å². The minimum absolute atomic E-state index is 0.00335. The summed E-state index contributed by atoms with van der Waals surface area (Å²) in [6.07, 6.45) is 0. The second-order valence-corrected chi connectivity index (χ2v) is 6.36. The molecule has 1 heterocycles. The highest BCUT2D eigenvalue weighted by Crippen LogP contribution is 2.24. The lowest BCUT2D eigenvalue weighted by Gasteiger charge is -2.12. The van der Waals surface area contributed by atoms with Gasteiger partial charge >= 0.3 is 0 Å². The quantitative estimate of drug-likeness (QED) is 0.724. The molecule has 0 aliphatic heterocycles. The fourth-order valence-corrected chi connectivity index (χ4v) is 2.62. The number of carbonyl (C=O) groups excluding carboxylic acids is 2. The van der Waals surface area contributed by atoms with Crippen LogP contribution in [0.1, 0.15) is 34.8 Å². The first-order chi connectivity index (χ1) is 11.9. The molecule has 0 atom stereocenters. The van der Waals surface area contributed by atoms with Crippen LogP contribution in [0.25, 0.3) is 11.0 Å². The van der Waals surface area contributed by atoms with Crippen molar-refractivity contribution in [1.82, 2.24) is 5.32 Å². The van der Waals surface area contributed by atoms with Gasteiger partial charge < -0.3 is 15.1 Å². The van der Waals surface area contributed by atoms with Gasteiger partial charge in [-0.3, -0.25) is 9.59 Å². The van der Waals surface area contributed by atoms with E-state index >= 15 is 0 Å². The first kappa shape index (κ1) is 17.0. The van der Waals surface area contributed by atoms with Crippen LogP contribution in [0, 0.1) is 0 Å². The van der Waals surface area contributed by atoms with E-state index in [-0.39, 0.29) is 17.7 Å². The highest BCUT2D eigenvalue weighted by molar-refractivity contribution is 6.31. The minimum atomic E-state index is -0.433. The zero-order valence-electron chi connectivity index (χ0n) is 13.8. The van der Waals surface area contributed by atoms with Crippen LogP contribution in [0.4, 0.5) is 5.69 Å². The molecule has 128 valence electrons. The third-order valence-electron chi connectivity index (χ3n) is 3.54. The summed E-state index contributed by atoms with van der Waals surface area (Å²) in [5.41, 5.74) is 1.38. The first-order valence-electron chi connectivity index (χ1n) is 7.84. The Hall–Kier alpha value is -2.79. The molecule has 25 heavy (non-hydrogen) atoms. The van der Waals surface area contributed by atoms with Gasteiger partial charge in [0, 0.05) is 16.5 Å². The van der Waals surface area contributed by atoms with Gasteiger partial charge in [0.05, 0.1) is 11.3 Å². The number of halogens is 1. The van der Waals surface area contributed by atoms with Gasteiger partial charge in [0.25, 0.3) is 11.8 Å². The molecule has 0 radical (unpaired) electrons. The van der Waals surface area contributed by atoms with Crippen molar-refractivity contribution in [3.05, 3.63) is 64.9 Å². The maximum Gasteiger partial charge on any atom is 0.291 e. The van der Waals surface area contributed by atoms with Crippen LogP contribution in [0.2, 0.25) is 5.02 Å². The maximum atomic E-state index is 12.5. The zero-order valence-corrected chi connectivity index (χ0v) is 14.6. The molecule has 2 aromatic carbocycles. The van der Waals surface area contributed by atoms with Crippen molar-refractivity contribution in [1.29, 1.82) is 0 Å². The van der Waals surface area contributed by atoms with E-state index in [1.807, 2.05) is 13.8 Å². The number of rotatable bonds is 4. The molecule has 0 aliphatic carbocycles. The molecule has 0 unspecified atom stereocenters. The number of carbonyl (C=O) groups is 2. The molecule has 0 fully saturated rings. The Morgan fingerprint density at radius 1 is 1.04 bits per heavy atom. The van der Waals surface area contributed by atoms with Crippen molar-refractivity contribution in [3.63, 3.8) is 0 Å². The summed E-state index contributed by atoms with van der Waals surface area (Å²) < 4.78 is 5.55. The van der Waals surface area contributed by atoms with Gasteiger partial charge in [0.2, 0.25) is 0 Å². The van der Waals surface area contributed by atoms with Crippen LogP contribution in [0.15, 0.2) is 52.9 Å². The Balaban J connectivity index is 1.86. The van der Waals surface area contributed by atoms with Crippen molar-refractivity contribution in [2.45, 2.75) is 19.9 Å². The molecular formula is C19H17ClN2O3. The normalized spacial score (nSPS) is 10.9. The summed E-state index contributed by atoms with van der Waals surface area (Å²) in [4.78, 5) is 24.8. The first-order valence-corrected chi connectivity index (χ1v) is 8.22. The average Bonchev–Trinajstić information content (AvgIpc) is 2.98. The van der Waals surface area contributed by atoms with Crippen LogP contribution >= 0.6 is 11.6 Å². The summed E-state index contributed by atoms with van der Waals surface area (Å²) in [6.45, 7) is 3.75. The van der Waals surface area contributed by atoms with Gasteiger partial charge in [-0.2, -0.15) is 0 Å². The van der Waals surface area contributed by atoms with Gasteiger partial charge in [0.1, 0.15) is 5.58 Å². The summed E-state index contributed by atoms with van der Waals surface area (Å²) in [5.74, 6) is -0.532. The van der Waals surface area contributed by atoms with Crippen LogP contribution in [-0.2, 0) is 0 Å². The molecule has 0 saturated heterocycles. The number of para-hydroxylation sites is 1. The number of fused-ring (bicyclic) bond motifs is 1. The van der Waals surface area contributed by atoms with E-state index in [2.05, 4.69) is 10.6 Å². The van der Waals surface area contributed by atoms with E-state index < -0.39 is 5.91 Å². The Morgan fingerprint density at radius 3 is 2.56 bits per heavy atom. The number of anilines is 1. The Labute approximate surface area is 150 Å². The lowest BCUT2D eigenvalue weighted by atomic mass is 10.1. The van der Waals surface area contributed by atoms with Crippen LogP contribution in [-0.4, -0.2) is 17.9 Å². The summed E-state index contributed by atoms with van der Waals surface area (Å²) >= 11 is 5.95. The maximum absolute atomic E-state index is 12.5. The lowest BCUT2D eigenvalue weighted by Crippen LogP contribution is -2.31. The lowest BCUT2D eigenvalue weighted by molar-refractivity contribution is 0.0944. The van der Waals surface area contributed by atoms with Crippen molar-refractivity contribution in [2.75, 3.05) is 5.32 Å². The van der Waals surface area contributed by atoms with E-state index in [0.717, 1.165) is 5.39 Å². The second-order valence-electron chi connectivity index (χ2n) is 5.92. The van der Waals surface area contributed by atoms with E-state index in [0.29, 0.717) is 21.9 Å². The molecular weight excluding hydrogens is 340 g/mol. The van der Waals surface area contributed by atoms with Gasteiger partial charge in [-0.05, 0) is 50.2 Å². The highest BCUT2D eigenvalue weighted by atomic mass is 35.5. The van der Waals surface area contributed by atoms with Crippen molar-refractivity contribution in [3.8, 4) is 0 Å². The molecule has 0 saturated carbocycles. The monoisotopic (exact) mass is 356 g/mol. The number of benzene rings is 2. The Kier molecular flexibility index (Phi) is 4.76. The summed E-state index contributed by atoms with van der Waals surface area (Å²) in [7, 11) is 0. The molecule has 1 aromatic heterocycles. The van der Waals surface area contributed by atoms with Crippen LogP contribution in [0.5, 0.6) is 0 Å². The predicted octanol–water partition coefficient (Wildman–Crippen LogP) is 4.48. The Bertz CT molecular complexity index is 947. The number of nitrogens with one attached hydrogen (secondary N) is 2. The second kappa shape index (κ2) is 6.99. The average molecular weight is 357 g/mol. The molecule has 3 aromatic rings. The van der Waals surface area contributed by atoms with Crippen LogP contribution < -0.4 is 10.6 Å². The molecule has 5 nitrogen and oxygen atoms in total. The van der Waals surface area contributed by atoms with Gasteiger partial charge in [-0.25, -0.2) is 0 Å². The Morgan fingerprint density at radius 2 is 1.80 bits per heavy atom. The van der Waals surface area contributed by atoms with Gasteiger partial charge in [0.15, 0.2) is 5.76 Å². The third kappa shape index (κ3) is 3.83. The van der Waals surface area contributed by atoms with Crippen molar-refractivity contribution in [2.24, 2.45) is 0 Å². The molecule has 0 spiro atoms. The standard InChI is InChI=1S/C19H17ClN2O3/c1-11(2)21-18(23)14-5-3-4-6-15(14)22-19(24)17-10-12-9-13(20)7-8-16(12)25-17/h3-11H,1-2H3,(H,21,23)(H,22,24). The fourth-order valence-electron chi connectivity index (χ4n) is 2.44. The molecule has 2 N–H and O–H groups in total. The third-order valence-corrected chi connectivity index (χ3v) is 3.78. The molecule has 2 amide bonds. The number of hydrogen-bond acceptors (Lipinski definition) is 3. The molecule has 6 heteroatoms. The van der Waals surface area contributed by atoms with E-state index in [9.17, 15) is 9.59 Å². The smallest absolute Gasteiger partial charge is 0.291 e. The van der Waals surface area contributed by atoms with Crippen molar-refractivity contribution < 1.29 is 14.0 Å². The van der Waals surface area contributed by atoms with E-state index in [4.69, 9.17) is 16.0 Å². The zero-order chi connectivity index (χ0) is 18.0. The number of hydrogen-bond donors (Lipinski definition) is 2. The van der Waals surface area contributed by atoms with E-state index in [1.165, 1.54) is 0 Å². The number of amides is 2. The predicted molar refractivity (Wildman–Crippen MR) is 98.2 cm³/mol. The molecule has 0 bridgehead atoms.